The van der Waals surface area contributed by atoms with Crippen molar-refractivity contribution in [2.45, 2.75) is 56.2 Å². The minimum atomic E-state index is -5.55. The van der Waals surface area contributed by atoms with Crippen molar-refractivity contribution >= 4 is 50.2 Å². The van der Waals surface area contributed by atoms with Gasteiger partial charge in [0.25, 0.3) is 5.08 Å². The smallest absolute Gasteiger partial charge is 0.368 e. The molecule has 0 spiro atoms. The fourth-order valence-electron chi connectivity index (χ4n) is 2.88. The molecular formula is C17H36Cl2N4O9P2. The Bertz CT molecular complexity index is 701. The molecule has 0 aliphatic rings. The third-order valence-electron chi connectivity index (χ3n) is 4.84. The number of hydrogen-bond acceptors (Lipinski definition) is 7. The maximum absolute atomic E-state index is 12.6. The second-order valence-electron chi connectivity index (χ2n) is 7.62. The zero-order chi connectivity index (χ0) is 26.4. The molecule has 17 heteroatoms. The lowest BCUT2D eigenvalue weighted by Crippen LogP contribution is -2.52. The number of hydrogen-bond donors (Lipinski definition) is 9. The van der Waals surface area contributed by atoms with Crippen LogP contribution in [0.4, 0.5) is 0 Å². The van der Waals surface area contributed by atoms with Gasteiger partial charge in [-0.15, -0.1) is 23.2 Å². The van der Waals surface area contributed by atoms with Crippen molar-refractivity contribution in [1.82, 2.24) is 21.3 Å². The minimum Gasteiger partial charge on any atom is -0.368 e. The Kier molecular flexibility index (Phi) is 16.3. The molecule has 0 aromatic heterocycles. The SMILES string of the molecule is C[C@H](NC(=O)[C@H](CCCCNCCCl)NCCCl)C(=O)NCCCC(O)(P(=O)(O)O)P(=O)(O)O. The number of nitrogens with one attached hydrogen (secondary N) is 4. The molecule has 0 unspecified atom stereocenters. The third kappa shape index (κ3) is 12.1. The fraction of sp³-hybridized carbons (Fsp3) is 0.882. The maximum Gasteiger partial charge on any atom is 0.369 e. The highest BCUT2D eigenvalue weighted by Crippen LogP contribution is 2.69. The Labute approximate surface area is 209 Å². The highest BCUT2D eigenvalue weighted by molar-refractivity contribution is 7.72. The van der Waals surface area contributed by atoms with E-state index >= 15 is 0 Å². The molecule has 0 aromatic carbocycles. The van der Waals surface area contributed by atoms with Crippen LogP contribution in [0.25, 0.3) is 0 Å². The minimum absolute atomic E-state index is 0.245. The van der Waals surface area contributed by atoms with Gasteiger partial charge in [-0.05, 0) is 32.7 Å². The molecule has 0 saturated heterocycles. The summed E-state index contributed by atoms with van der Waals surface area (Å²) in [6.45, 7) is 3.04. The highest BCUT2D eigenvalue weighted by Gasteiger charge is 2.58. The number of amides is 2. The van der Waals surface area contributed by atoms with Crippen LogP contribution in [0.1, 0.15) is 39.0 Å². The molecule has 0 radical (unpaired) electrons. The van der Waals surface area contributed by atoms with Gasteiger partial charge in [0.05, 0.1) is 6.04 Å². The van der Waals surface area contributed by atoms with Gasteiger partial charge < -0.3 is 45.9 Å². The summed E-state index contributed by atoms with van der Waals surface area (Å²) in [6, 6.07) is -1.52. The standard InChI is InChI=1S/C17H36Cl2N4O9P2/c1-13(15(24)22-10-4-6-17(26,33(27,28)29)34(30,31)32)23-16(25)14(21-12-8-19)5-2-3-9-20-11-7-18/h13-14,20-21,26H,2-12H2,1H3,(H,22,24)(H,23,25)(H2,27,28,29)(H2,30,31,32)/t13-,14-/m0/s1. The van der Waals surface area contributed by atoms with Gasteiger partial charge in [-0.2, -0.15) is 0 Å². The first-order valence-corrected chi connectivity index (χ1v) is 15.0. The fourth-order valence-corrected chi connectivity index (χ4v) is 5.37. The van der Waals surface area contributed by atoms with Crippen LogP contribution in [0.3, 0.4) is 0 Å². The second-order valence-corrected chi connectivity index (χ2v) is 12.4. The first-order valence-electron chi connectivity index (χ1n) is 10.7. The summed E-state index contributed by atoms with van der Waals surface area (Å²) < 4.78 is 22.7. The number of unbranched alkanes of at least 4 members (excludes halogenated alkanes) is 1. The first kappa shape index (κ1) is 33.7. The molecule has 0 bridgehead atoms. The molecule has 0 aliphatic carbocycles. The van der Waals surface area contributed by atoms with Crippen molar-refractivity contribution in [2.24, 2.45) is 0 Å². The van der Waals surface area contributed by atoms with E-state index in [1.807, 2.05) is 0 Å². The van der Waals surface area contributed by atoms with Gasteiger partial charge in [-0.1, -0.05) is 6.42 Å². The molecule has 0 fully saturated rings. The molecular weight excluding hydrogens is 537 g/mol. The van der Waals surface area contributed by atoms with Crippen LogP contribution < -0.4 is 21.3 Å². The van der Waals surface area contributed by atoms with Gasteiger partial charge in [0.15, 0.2) is 0 Å². The number of rotatable bonds is 19. The molecule has 0 heterocycles. The Balaban J connectivity index is 4.65. The van der Waals surface area contributed by atoms with E-state index in [0.717, 1.165) is 19.4 Å². The lowest BCUT2D eigenvalue weighted by molar-refractivity contribution is -0.129. The van der Waals surface area contributed by atoms with E-state index in [4.69, 9.17) is 42.8 Å². The molecule has 0 saturated carbocycles. The molecule has 0 aliphatic heterocycles. The Morgan fingerprint density at radius 1 is 0.882 bits per heavy atom. The van der Waals surface area contributed by atoms with E-state index < -0.39 is 50.6 Å². The van der Waals surface area contributed by atoms with Gasteiger partial charge >= 0.3 is 15.2 Å². The topological polar surface area (TPSA) is 218 Å². The van der Waals surface area contributed by atoms with Crippen LogP contribution in [0.15, 0.2) is 0 Å². The summed E-state index contributed by atoms with van der Waals surface area (Å²) in [4.78, 5) is 61.2. The quantitative estimate of drug-likeness (QED) is 0.0549. The van der Waals surface area contributed by atoms with Crippen LogP contribution in [-0.4, -0.2) is 91.6 Å². The summed E-state index contributed by atoms with van der Waals surface area (Å²) in [5.41, 5.74) is 0. The summed E-state index contributed by atoms with van der Waals surface area (Å²) in [7, 11) is -11.1. The zero-order valence-electron chi connectivity index (χ0n) is 19.0. The average molecular weight is 573 g/mol. The number of carbonyl (C=O) groups excluding carboxylic acids is 2. The highest BCUT2D eigenvalue weighted by atomic mass is 35.5. The molecule has 34 heavy (non-hydrogen) atoms. The van der Waals surface area contributed by atoms with Crippen LogP contribution in [0.2, 0.25) is 0 Å². The zero-order valence-corrected chi connectivity index (χ0v) is 22.3. The predicted octanol–water partition coefficient (Wildman–Crippen LogP) is -0.415. The van der Waals surface area contributed by atoms with E-state index in [9.17, 15) is 23.8 Å². The maximum atomic E-state index is 12.6. The first-order chi connectivity index (χ1) is 15.7. The number of alkyl halides is 2. The van der Waals surface area contributed by atoms with Crippen molar-refractivity contribution < 1.29 is 43.4 Å². The van der Waals surface area contributed by atoms with Crippen LogP contribution in [-0.2, 0) is 18.7 Å². The monoisotopic (exact) mass is 572 g/mol. The van der Waals surface area contributed by atoms with Gasteiger partial charge in [-0.3, -0.25) is 18.7 Å². The summed E-state index contributed by atoms with van der Waals surface area (Å²) in [5, 5.41) is 17.4. The molecule has 202 valence electrons. The average Bonchev–Trinajstić information content (AvgIpc) is 2.73. The van der Waals surface area contributed by atoms with Crippen molar-refractivity contribution in [3.63, 3.8) is 0 Å². The lowest BCUT2D eigenvalue weighted by Gasteiger charge is -2.29. The molecule has 9 N–H and O–H groups in total. The number of aliphatic hydroxyl groups is 1. The van der Waals surface area contributed by atoms with Gasteiger partial charge in [0, 0.05) is 37.8 Å². The summed E-state index contributed by atoms with van der Waals surface area (Å²) in [6.07, 6.45) is 0.798. The van der Waals surface area contributed by atoms with E-state index in [2.05, 4.69) is 21.3 Å². The van der Waals surface area contributed by atoms with Crippen molar-refractivity contribution in [2.75, 3.05) is 37.9 Å². The van der Waals surface area contributed by atoms with Crippen molar-refractivity contribution in [1.29, 1.82) is 0 Å². The second kappa shape index (κ2) is 16.4. The van der Waals surface area contributed by atoms with E-state index in [-0.39, 0.29) is 13.0 Å². The van der Waals surface area contributed by atoms with Crippen LogP contribution >= 0.6 is 38.4 Å². The molecule has 2 amide bonds. The summed E-state index contributed by atoms with van der Waals surface area (Å²) in [5.74, 6) is -0.215. The lowest BCUT2D eigenvalue weighted by atomic mass is 10.1. The Hall–Kier alpha value is -0.300. The van der Waals surface area contributed by atoms with E-state index in [1.165, 1.54) is 6.92 Å². The molecule has 0 aromatic rings. The van der Waals surface area contributed by atoms with E-state index in [1.54, 1.807) is 0 Å². The number of carbonyl (C=O) groups is 2. The summed E-state index contributed by atoms with van der Waals surface area (Å²) >= 11 is 11.3. The Morgan fingerprint density at radius 2 is 1.47 bits per heavy atom. The van der Waals surface area contributed by atoms with E-state index in [0.29, 0.717) is 31.3 Å². The van der Waals surface area contributed by atoms with Gasteiger partial charge in [-0.25, -0.2) is 0 Å². The third-order valence-corrected chi connectivity index (χ3v) is 9.10. The van der Waals surface area contributed by atoms with Crippen molar-refractivity contribution in [3.05, 3.63) is 0 Å². The van der Waals surface area contributed by atoms with Gasteiger partial charge in [0.1, 0.15) is 6.04 Å². The number of halogens is 2. The predicted molar refractivity (Wildman–Crippen MR) is 129 cm³/mol. The molecule has 13 nitrogen and oxygen atoms in total. The Morgan fingerprint density at radius 3 is 2.00 bits per heavy atom. The van der Waals surface area contributed by atoms with Gasteiger partial charge in [0.2, 0.25) is 11.8 Å². The molecule has 2 atom stereocenters. The molecule has 0 rings (SSSR count). The van der Waals surface area contributed by atoms with Crippen LogP contribution in [0, 0.1) is 0 Å². The largest absolute Gasteiger partial charge is 0.369 e. The normalized spacial score (nSPS) is 14.5. The van der Waals surface area contributed by atoms with Crippen LogP contribution in [0.5, 0.6) is 0 Å². The van der Waals surface area contributed by atoms with Crippen molar-refractivity contribution in [3.8, 4) is 0 Å².